The summed E-state index contributed by atoms with van der Waals surface area (Å²) in [4.78, 5) is 19.8. The lowest BCUT2D eigenvalue weighted by atomic mass is 9.52. The van der Waals surface area contributed by atoms with Gasteiger partial charge < -0.3 is 4.90 Å². The Balaban J connectivity index is 1.62. The fourth-order valence-corrected chi connectivity index (χ4v) is 6.15. The van der Waals surface area contributed by atoms with Crippen molar-refractivity contribution in [3.05, 3.63) is 30.1 Å². The van der Waals surface area contributed by atoms with Crippen LogP contribution in [-0.4, -0.2) is 27.9 Å². The second-order valence-electron chi connectivity index (χ2n) is 8.55. The van der Waals surface area contributed by atoms with Crippen molar-refractivity contribution in [2.45, 2.75) is 63.3 Å². The van der Waals surface area contributed by atoms with Crippen LogP contribution in [0, 0.1) is 29.1 Å². The van der Waals surface area contributed by atoms with E-state index in [4.69, 9.17) is 5.26 Å². The third-order valence-electron chi connectivity index (χ3n) is 6.85. The van der Waals surface area contributed by atoms with Gasteiger partial charge in [-0.15, -0.1) is 0 Å². The van der Waals surface area contributed by atoms with Gasteiger partial charge in [0.25, 0.3) is 0 Å². The summed E-state index contributed by atoms with van der Waals surface area (Å²) in [7, 11) is 0. The molecule has 1 heterocycles. The van der Waals surface area contributed by atoms with E-state index < -0.39 is 0 Å². The molecule has 4 saturated carbocycles. The molecule has 4 bridgehead atoms. The van der Waals surface area contributed by atoms with Crippen LogP contribution in [0.4, 0.5) is 0 Å². The molecule has 0 aromatic carbocycles. The summed E-state index contributed by atoms with van der Waals surface area (Å²) in [6.07, 6.45) is 11.5. The van der Waals surface area contributed by atoms with E-state index >= 15 is 0 Å². The number of hydrogen-bond acceptors (Lipinski definition) is 3. The van der Waals surface area contributed by atoms with Crippen LogP contribution >= 0.6 is 0 Å². The first-order valence-corrected chi connectivity index (χ1v) is 9.69. The van der Waals surface area contributed by atoms with E-state index in [9.17, 15) is 4.79 Å². The van der Waals surface area contributed by atoms with E-state index in [-0.39, 0.29) is 17.4 Å². The minimum Gasteiger partial charge on any atom is -0.335 e. The first kappa shape index (κ1) is 16.6. The van der Waals surface area contributed by atoms with E-state index in [0.29, 0.717) is 13.0 Å². The average Bonchev–Trinajstić information content (AvgIpc) is 2.60. The third kappa shape index (κ3) is 2.94. The molecule has 0 radical (unpaired) electrons. The van der Waals surface area contributed by atoms with Crippen LogP contribution in [-0.2, 0) is 4.79 Å². The number of aromatic nitrogens is 1. The molecule has 0 unspecified atom stereocenters. The predicted octanol–water partition coefficient (Wildman–Crippen LogP) is 3.90. The van der Waals surface area contributed by atoms with Crippen LogP contribution in [0.3, 0.4) is 0 Å². The van der Waals surface area contributed by atoms with E-state index in [2.05, 4.69) is 16.0 Å². The van der Waals surface area contributed by atoms with Gasteiger partial charge in [0.1, 0.15) is 0 Å². The third-order valence-corrected chi connectivity index (χ3v) is 6.85. The van der Waals surface area contributed by atoms with Gasteiger partial charge in [0.05, 0.1) is 18.4 Å². The summed E-state index contributed by atoms with van der Waals surface area (Å²) in [6.45, 7) is 2.56. The molecular formula is C21H27N3O. The largest absolute Gasteiger partial charge is 0.335 e. The molecule has 0 aliphatic heterocycles. The number of carbonyl (C=O) groups is 1. The van der Waals surface area contributed by atoms with E-state index in [0.717, 1.165) is 42.6 Å². The molecule has 1 aromatic rings. The quantitative estimate of drug-likeness (QED) is 0.819. The highest BCUT2D eigenvalue weighted by molar-refractivity contribution is 5.84. The molecule has 4 heteroatoms. The van der Waals surface area contributed by atoms with Crippen molar-refractivity contribution in [1.82, 2.24) is 9.88 Å². The van der Waals surface area contributed by atoms with E-state index in [1.54, 1.807) is 12.4 Å². The fourth-order valence-electron chi connectivity index (χ4n) is 6.15. The van der Waals surface area contributed by atoms with Gasteiger partial charge in [0.2, 0.25) is 5.91 Å². The van der Waals surface area contributed by atoms with Crippen molar-refractivity contribution in [2.75, 3.05) is 6.54 Å². The minimum atomic E-state index is -0.194. The SMILES string of the molecule is C[C@@H](C(=O)N(CCC#N)C12CC3CC(CC(C3)C1)C2)c1cccnc1. The summed E-state index contributed by atoms with van der Waals surface area (Å²) in [5.74, 6) is 2.36. The summed E-state index contributed by atoms with van der Waals surface area (Å²) < 4.78 is 0. The zero-order valence-corrected chi connectivity index (χ0v) is 15.0. The molecule has 4 fully saturated rings. The van der Waals surface area contributed by atoms with Gasteiger partial charge in [-0.3, -0.25) is 9.78 Å². The lowest BCUT2D eigenvalue weighted by Crippen LogP contribution is -2.62. The summed E-state index contributed by atoms with van der Waals surface area (Å²) >= 11 is 0. The van der Waals surface area contributed by atoms with Gasteiger partial charge in [-0.1, -0.05) is 6.07 Å². The minimum absolute atomic E-state index is 0.0130. The van der Waals surface area contributed by atoms with Gasteiger partial charge in [-0.05, 0) is 74.8 Å². The summed E-state index contributed by atoms with van der Waals surface area (Å²) in [5, 5.41) is 9.14. The van der Waals surface area contributed by atoms with Crippen molar-refractivity contribution in [2.24, 2.45) is 17.8 Å². The normalized spacial score (nSPS) is 33.7. The predicted molar refractivity (Wildman–Crippen MR) is 95.5 cm³/mol. The van der Waals surface area contributed by atoms with Crippen LogP contribution in [0.15, 0.2) is 24.5 Å². The Morgan fingerprint density at radius 1 is 1.32 bits per heavy atom. The van der Waals surface area contributed by atoms with E-state index in [1.807, 2.05) is 19.1 Å². The fraction of sp³-hybridized carbons (Fsp3) is 0.667. The maximum atomic E-state index is 13.5. The summed E-state index contributed by atoms with van der Waals surface area (Å²) in [5.41, 5.74) is 0.985. The molecule has 4 nitrogen and oxygen atoms in total. The smallest absolute Gasteiger partial charge is 0.230 e. The first-order chi connectivity index (χ1) is 12.1. The monoisotopic (exact) mass is 337 g/mol. The van der Waals surface area contributed by atoms with Crippen LogP contribution in [0.5, 0.6) is 0 Å². The van der Waals surface area contributed by atoms with Gasteiger partial charge in [0.15, 0.2) is 0 Å². The Morgan fingerprint density at radius 3 is 2.48 bits per heavy atom. The standard InChI is InChI=1S/C21H27N3O/c1-15(19-4-2-6-23-14-19)20(25)24(7-3-5-22)21-11-16-8-17(12-21)10-18(9-16)13-21/h2,4,6,14-18H,3,7-13H2,1H3/t15-,16?,17?,18?,21?/m1/s1. The lowest BCUT2D eigenvalue weighted by molar-refractivity contribution is -0.152. The Kier molecular flexibility index (Phi) is 4.27. The summed E-state index contributed by atoms with van der Waals surface area (Å²) in [6, 6.07) is 6.13. The second kappa shape index (κ2) is 6.44. The highest BCUT2D eigenvalue weighted by Gasteiger charge is 2.54. The van der Waals surface area contributed by atoms with Gasteiger partial charge in [-0.25, -0.2) is 0 Å². The molecule has 0 spiro atoms. The molecule has 1 atom stereocenters. The molecule has 4 aliphatic carbocycles. The second-order valence-corrected chi connectivity index (χ2v) is 8.55. The van der Waals surface area contributed by atoms with Gasteiger partial charge >= 0.3 is 0 Å². The number of amides is 1. The molecule has 1 aromatic heterocycles. The number of rotatable bonds is 5. The van der Waals surface area contributed by atoms with Crippen molar-refractivity contribution in [3.63, 3.8) is 0 Å². The molecule has 1 amide bonds. The molecule has 5 rings (SSSR count). The van der Waals surface area contributed by atoms with Crippen LogP contribution in [0.1, 0.15) is 63.4 Å². The molecule has 132 valence electrons. The zero-order chi connectivity index (χ0) is 17.4. The highest BCUT2D eigenvalue weighted by atomic mass is 16.2. The van der Waals surface area contributed by atoms with Gasteiger partial charge in [0, 0.05) is 24.5 Å². The number of hydrogen-bond donors (Lipinski definition) is 0. The van der Waals surface area contributed by atoms with Crippen molar-refractivity contribution in [3.8, 4) is 6.07 Å². The topological polar surface area (TPSA) is 57.0 Å². The Bertz CT molecular complexity index is 643. The van der Waals surface area contributed by atoms with Crippen LogP contribution < -0.4 is 0 Å². The van der Waals surface area contributed by atoms with Crippen LogP contribution in [0.25, 0.3) is 0 Å². The highest BCUT2D eigenvalue weighted by Crippen LogP contribution is 2.58. The maximum Gasteiger partial charge on any atom is 0.230 e. The molecular weight excluding hydrogens is 310 g/mol. The van der Waals surface area contributed by atoms with Crippen molar-refractivity contribution in [1.29, 1.82) is 5.26 Å². The molecule has 4 aliphatic rings. The zero-order valence-electron chi connectivity index (χ0n) is 15.0. The molecule has 25 heavy (non-hydrogen) atoms. The Labute approximate surface area is 150 Å². The number of nitriles is 1. The van der Waals surface area contributed by atoms with Crippen LogP contribution in [0.2, 0.25) is 0 Å². The number of pyridine rings is 1. The Hall–Kier alpha value is -1.89. The number of nitrogens with zero attached hydrogens (tertiary/aromatic N) is 3. The maximum absolute atomic E-state index is 13.5. The Morgan fingerprint density at radius 2 is 1.96 bits per heavy atom. The van der Waals surface area contributed by atoms with Gasteiger partial charge in [-0.2, -0.15) is 5.26 Å². The van der Waals surface area contributed by atoms with E-state index in [1.165, 1.54) is 19.3 Å². The lowest BCUT2D eigenvalue weighted by Gasteiger charge is -2.60. The number of carbonyl (C=O) groups excluding carboxylic acids is 1. The first-order valence-electron chi connectivity index (χ1n) is 9.69. The molecule has 0 saturated heterocycles. The van der Waals surface area contributed by atoms with Crippen molar-refractivity contribution >= 4 is 5.91 Å². The molecule has 0 N–H and O–H groups in total. The average molecular weight is 337 g/mol. The van der Waals surface area contributed by atoms with Crippen molar-refractivity contribution < 1.29 is 4.79 Å².